The smallest absolute Gasteiger partial charge is 0.338 e. The molecule has 0 aliphatic carbocycles. The van der Waals surface area contributed by atoms with E-state index in [-0.39, 0.29) is 11.6 Å². The molecule has 4 aromatic carbocycles. The van der Waals surface area contributed by atoms with Crippen molar-refractivity contribution in [1.82, 2.24) is 0 Å². The van der Waals surface area contributed by atoms with Gasteiger partial charge in [-0.15, -0.1) is 0 Å². The van der Waals surface area contributed by atoms with Crippen molar-refractivity contribution in [2.75, 3.05) is 20.8 Å². The fraction of sp³-hybridized carbons (Fsp3) is 0.390. The van der Waals surface area contributed by atoms with E-state index in [1.54, 1.807) is 52.3 Å². The lowest BCUT2D eigenvalue weighted by Crippen LogP contribution is -2.74. The van der Waals surface area contributed by atoms with Crippen molar-refractivity contribution in [1.29, 1.82) is 0 Å². The number of methoxy groups -OCH3 is 2. The van der Waals surface area contributed by atoms with Gasteiger partial charge in [0.1, 0.15) is 23.7 Å². The van der Waals surface area contributed by atoms with Crippen LogP contribution < -0.4 is 10.4 Å². The molecule has 0 N–H and O–H groups in total. The Labute approximate surface area is 306 Å². The van der Waals surface area contributed by atoms with E-state index in [2.05, 4.69) is 69.3 Å². The van der Waals surface area contributed by atoms with Crippen molar-refractivity contribution in [2.45, 2.75) is 86.0 Å². The maximum Gasteiger partial charge on any atom is 0.338 e. The number of thioether (sulfide) groups is 1. The SMILES string of the molecule is CO[C@@]1(C)O[C@@H]2C(CO[Si](c3ccccc3)(c3ccccc3)C(C)(C)C)O[C@H](Sc3ccccc3)C(OC(=O)c3ccccc3)[C@H]2O[C@]1(C)OC. The summed E-state index contributed by atoms with van der Waals surface area (Å²) in [6.07, 6.45) is -3.13. The molecule has 8 nitrogen and oxygen atoms in total. The van der Waals surface area contributed by atoms with Crippen molar-refractivity contribution in [3.05, 3.63) is 127 Å². The topological polar surface area (TPSA) is 81.7 Å². The van der Waals surface area contributed by atoms with Crippen LogP contribution in [0.5, 0.6) is 0 Å². The first kappa shape index (κ1) is 37.4. The minimum atomic E-state index is -2.98. The van der Waals surface area contributed by atoms with E-state index >= 15 is 0 Å². The summed E-state index contributed by atoms with van der Waals surface area (Å²) >= 11 is 1.46. The second kappa shape index (κ2) is 15.3. The van der Waals surface area contributed by atoms with Crippen LogP contribution in [0.15, 0.2) is 126 Å². The second-order valence-corrected chi connectivity index (χ2v) is 19.6. The average molecular weight is 729 g/mol. The molecule has 0 spiro atoms. The summed E-state index contributed by atoms with van der Waals surface area (Å²) in [4.78, 5) is 14.6. The summed E-state index contributed by atoms with van der Waals surface area (Å²) < 4.78 is 46.4. The molecule has 0 saturated carbocycles. The standard InChI is InChI=1S/C41H48O8SSi/c1-39(2,3)51(31-24-16-10-17-25-31,32-26-18-11-19-27-32)45-28-33-34-35(49-41(5,44-7)40(4,43-6)48-34)36(47-37(42)29-20-12-8-13-21-29)38(46-33)50-30-22-14-9-15-23-30/h8-27,33-36,38H,28H2,1-7H3/t33?,34-,35+,36?,38-,40+,41+/m1/s1. The third kappa shape index (κ3) is 7.34. The van der Waals surface area contributed by atoms with Crippen LogP contribution in [0.1, 0.15) is 45.0 Å². The molecular formula is C41H48O8SSi. The van der Waals surface area contributed by atoms with E-state index in [4.69, 9.17) is 32.8 Å². The van der Waals surface area contributed by atoms with Gasteiger partial charge < -0.3 is 32.8 Å². The number of rotatable bonds is 11. The van der Waals surface area contributed by atoms with Gasteiger partial charge in [0.2, 0.25) is 11.6 Å². The number of carbonyl (C=O) groups is 1. The van der Waals surface area contributed by atoms with Crippen molar-refractivity contribution in [3.8, 4) is 0 Å². The minimum Gasteiger partial charge on any atom is -0.452 e. The van der Waals surface area contributed by atoms with Crippen molar-refractivity contribution in [2.24, 2.45) is 0 Å². The summed E-state index contributed by atoms with van der Waals surface area (Å²) in [7, 11) is 0.125. The summed E-state index contributed by atoms with van der Waals surface area (Å²) in [5.74, 6) is -3.19. The summed E-state index contributed by atoms with van der Waals surface area (Å²) in [6, 6.07) is 39.8. The molecule has 0 amide bonds. The van der Waals surface area contributed by atoms with Crippen LogP contribution in [-0.2, 0) is 32.8 Å². The monoisotopic (exact) mass is 728 g/mol. The van der Waals surface area contributed by atoms with Crippen LogP contribution in [0.3, 0.4) is 0 Å². The van der Waals surface area contributed by atoms with Gasteiger partial charge in [-0.25, -0.2) is 4.79 Å². The number of esters is 1. The molecule has 0 bridgehead atoms. The summed E-state index contributed by atoms with van der Waals surface area (Å²) in [5.41, 5.74) is -0.270. The molecule has 2 aliphatic heterocycles. The number of hydrogen-bond donors (Lipinski definition) is 0. The van der Waals surface area contributed by atoms with Gasteiger partial charge >= 0.3 is 5.97 Å². The largest absolute Gasteiger partial charge is 0.452 e. The predicted octanol–water partition coefficient (Wildman–Crippen LogP) is 6.82. The lowest BCUT2D eigenvalue weighted by atomic mass is 9.94. The molecule has 2 aliphatic rings. The van der Waals surface area contributed by atoms with Crippen LogP contribution in [0, 0.1) is 0 Å². The molecule has 7 atom stereocenters. The first-order valence-electron chi connectivity index (χ1n) is 17.3. The summed E-state index contributed by atoms with van der Waals surface area (Å²) in [5, 5.41) is 2.03. The highest BCUT2D eigenvalue weighted by Gasteiger charge is 2.64. The molecule has 2 heterocycles. The highest BCUT2D eigenvalue weighted by Crippen LogP contribution is 2.47. The van der Waals surface area contributed by atoms with Gasteiger partial charge in [0.25, 0.3) is 8.32 Å². The Morgan fingerprint density at radius 3 is 1.69 bits per heavy atom. The van der Waals surface area contributed by atoms with Gasteiger partial charge in [0.15, 0.2) is 6.10 Å². The van der Waals surface area contributed by atoms with E-state index in [0.717, 1.165) is 15.3 Å². The first-order valence-corrected chi connectivity index (χ1v) is 20.1. The summed E-state index contributed by atoms with van der Waals surface area (Å²) in [6.45, 7) is 10.4. The van der Waals surface area contributed by atoms with E-state index < -0.39 is 55.7 Å². The van der Waals surface area contributed by atoms with Gasteiger partial charge in [-0.05, 0) is 53.5 Å². The first-order chi connectivity index (χ1) is 24.4. The third-order valence-electron chi connectivity index (χ3n) is 10.0. The molecule has 2 unspecified atom stereocenters. The number of carbonyl (C=O) groups excluding carboxylic acids is 1. The van der Waals surface area contributed by atoms with Gasteiger partial charge in [0, 0.05) is 19.1 Å². The zero-order valence-electron chi connectivity index (χ0n) is 30.3. The van der Waals surface area contributed by atoms with E-state index in [0.29, 0.717) is 5.56 Å². The number of hydrogen-bond acceptors (Lipinski definition) is 9. The Hall–Kier alpha value is -3.32. The molecule has 2 fully saturated rings. The normalized spacial score (nSPS) is 28.1. The van der Waals surface area contributed by atoms with Gasteiger partial charge in [-0.2, -0.15) is 0 Å². The molecule has 51 heavy (non-hydrogen) atoms. The van der Waals surface area contributed by atoms with Crippen LogP contribution in [0.25, 0.3) is 0 Å². The van der Waals surface area contributed by atoms with Gasteiger partial charge in [0.05, 0.1) is 12.2 Å². The van der Waals surface area contributed by atoms with E-state index in [9.17, 15) is 4.79 Å². The Kier molecular flexibility index (Phi) is 11.3. The van der Waals surface area contributed by atoms with Crippen LogP contribution in [-0.4, -0.2) is 76.5 Å². The molecule has 2 saturated heterocycles. The lowest BCUT2D eigenvalue weighted by Gasteiger charge is -2.57. The quantitative estimate of drug-likeness (QED) is 0.122. The molecule has 6 rings (SSSR count). The van der Waals surface area contributed by atoms with Crippen LogP contribution >= 0.6 is 11.8 Å². The second-order valence-electron chi connectivity index (χ2n) is 14.1. The van der Waals surface area contributed by atoms with Crippen molar-refractivity contribution in [3.63, 3.8) is 0 Å². The molecule has 10 heteroatoms. The minimum absolute atomic E-state index is 0.173. The number of fused-ring (bicyclic) bond motifs is 1. The maximum atomic E-state index is 13.7. The maximum absolute atomic E-state index is 13.7. The zero-order chi connectivity index (χ0) is 36.3. The zero-order valence-corrected chi connectivity index (χ0v) is 32.1. The van der Waals surface area contributed by atoms with Crippen molar-refractivity contribution >= 4 is 36.4 Å². The Morgan fingerprint density at radius 1 is 0.725 bits per heavy atom. The molecule has 4 aromatic rings. The van der Waals surface area contributed by atoms with Crippen molar-refractivity contribution < 1.29 is 37.6 Å². The van der Waals surface area contributed by atoms with Crippen LogP contribution in [0.2, 0.25) is 5.04 Å². The predicted molar refractivity (Wildman–Crippen MR) is 201 cm³/mol. The molecule has 270 valence electrons. The Morgan fingerprint density at radius 2 is 1.20 bits per heavy atom. The highest BCUT2D eigenvalue weighted by atomic mass is 32.2. The molecule has 0 aromatic heterocycles. The fourth-order valence-corrected chi connectivity index (χ4v) is 12.8. The highest BCUT2D eigenvalue weighted by molar-refractivity contribution is 7.99. The number of ether oxygens (including phenoxy) is 6. The third-order valence-corrected chi connectivity index (χ3v) is 16.2. The Balaban J connectivity index is 1.44. The average Bonchev–Trinajstić information content (AvgIpc) is 3.15. The molecule has 0 radical (unpaired) electrons. The van der Waals surface area contributed by atoms with Crippen LogP contribution in [0.4, 0.5) is 0 Å². The lowest BCUT2D eigenvalue weighted by molar-refractivity contribution is -0.469. The Bertz CT molecular complexity index is 1690. The van der Waals surface area contributed by atoms with E-state index in [1.807, 2.05) is 48.5 Å². The fourth-order valence-electron chi connectivity index (χ4n) is 7.08. The van der Waals surface area contributed by atoms with Gasteiger partial charge in [-0.3, -0.25) is 0 Å². The number of benzene rings is 4. The van der Waals surface area contributed by atoms with Gasteiger partial charge in [-0.1, -0.05) is 130 Å². The molecular weight excluding hydrogens is 681 g/mol. The van der Waals surface area contributed by atoms with E-state index in [1.165, 1.54) is 11.8 Å².